The van der Waals surface area contributed by atoms with Gasteiger partial charge in [0, 0.05) is 10.7 Å². The number of ether oxygens (including phenoxy) is 1. The van der Waals surface area contributed by atoms with E-state index >= 15 is 0 Å². The highest BCUT2D eigenvalue weighted by molar-refractivity contribution is 8.09. The lowest BCUT2D eigenvalue weighted by molar-refractivity contribution is 0.0526. The SMILES string of the molecule is CCOC(=O)c1cccc(F)c1.O=S(=O)(O)Cl. The highest BCUT2D eigenvalue weighted by atomic mass is 35.7. The van der Waals surface area contributed by atoms with Gasteiger partial charge in [0.15, 0.2) is 0 Å². The van der Waals surface area contributed by atoms with Crippen molar-refractivity contribution in [3.8, 4) is 0 Å². The lowest BCUT2D eigenvalue weighted by Crippen LogP contribution is -2.04. The highest BCUT2D eigenvalue weighted by Gasteiger charge is 2.05. The number of halogens is 2. The Bertz CT molecular complexity index is 466. The van der Waals surface area contributed by atoms with E-state index in [1.165, 1.54) is 18.2 Å². The third-order valence-electron chi connectivity index (χ3n) is 1.34. The number of benzene rings is 1. The van der Waals surface area contributed by atoms with Crippen molar-refractivity contribution in [1.82, 2.24) is 0 Å². The second-order valence-electron chi connectivity index (χ2n) is 2.64. The van der Waals surface area contributed by atoms with Crippen molar-refractivity contribution >= 4 is 26.0 Å². The number of esters is 1. The van der Waals surface area contributed by atoms with Crippen molar-refractivity contribution < 1.29 is 26.9 Å². The van der Waals surface area contributed by atoms with Gasteiger partial charge in [-0.05, 0) is 25.1 Å². The zero-order valence-corrected chi connectivity index (χ0v) is 10.3. The first kappa shape index (κ1) is 15.8. The van der Waals surface area contributed by atoms with Crippen molar-refractivity contribution in [2.24, 2.45) is 0 Å². The molecule has 1 rings (SSSR count). The smallest absolute Gasteiger partial charge is 0.353 e. The molecule has 0 atom stereocenters. The summed E-state index contributed by atoms with van der Waals surface area (Å²) in [5, 5.41) is 0. The van der Waals surface area contributed by atoms with E-state index in [0.29, 0.717) is 6.61 Å². The molecule has 0 saturated carbocycles. The molecule has 0 spiro atoms. The van der Waals surface area contributed by atoms with E-state index in [0.717, 1.165) is 6.07 Å². The number of hydrogen-bond acceptors (Lipinski definition) is 4. The van der Waals surface area contributed by atoms with Crippen LogP contribution in [0.25, 0.3) is 0 Å². The first-order valence-electron chi connectivity index (χ1n) is 4.33. The summed E-state index contributed by atoms with van der Waals surface area (Å²) in [5.41, 5.74) is 0.247. The van der Waals surface area contributed by atoms with Crippen LogP contribution in [0.2, 0.25) is 0 Å². The van der Waals surface area contributed by atoms with E-state index in [-0.39, 0.29) is 5.56 Å². The molecule has 0 bridgehead atoms. The molecule has 0 radical (unpaired) electrons. The van der Waals surface area contributed by atoms with Crippen molar-refractivity contribution in [3.63, 3.8) is 0 Å². The summed E-state index contributed by atoms with van der Waals surface area (Å²) in [4.78, 5) is 11.0. The molecular formula is C9H10ClFO5S. The number of hydrogen-bond donors (Lipinski definition) is 1. The maximum Gasteiger partial charge on any atom is 0.353 e. The Morgan fingerprint density at radius 1 is 1.53 bits per heavy atom. The monoisotopic (exact) mass is 284 g/mol. The molecule has 0 aliphatic carbocycles. The topological polar surface area (TPSA) is 80.7 Å². The molecule has 0 saturated heterocycles. The summed E-state index contributed by atoms with van der Waals surface area (Å²) < 4.78 is 42.4. The molecule has 5 nitrogen and oxygen atoms in total. The fourth-order valence-electron chi connectivity index (χ4n) is 0.830. The van der Waals surface area contributed by atoms with Crippen molar-refractivity contribution in [1.29, 1.82) is 0 Å². The predicted octanol–water partition coefficient (Wildman–Crippen LogP) is 2.03. The zero-order chi connectivity index (χ0) is 13.5. The molecule has 17 heavy (non-hydrogen) atoms. The molecule has 1 aromatic rings. The zero-order valence-electron chi connectivity index (χ0n) is 8.76. The maximum absolute atomic E-state index is 12.6. The van der Waals surface area contributed by atoms with Crippen LogP contribution in [0.4, 0.5) is 4.39 Å². The number of carbonyl (C=O) groups excluding carboxylic acids is 1. The van der Waals surface area contributed by atoms with Crippen molar-refractivity contribution in [2.75, 3.05) is 6.61 Å². The fraction of sp³-hybridized carbons (Fsp3) is 0.222. The van der Waals surface area contributed by atoms with Gasteiger partial charge in [0.25, 0.3) is 0 Å². The fourth-order valence-corrected chi connectivity index (χ4v) is 0.830. The Morgan fingerprint density at radius 2 is 2.06 bits per heavy atom. The van der Waals surface area contributed by atoms with Gasteiger partial charge < -0.3 is 4.74 Å². The Morgan fingerprint density at radius 3 is 2.47 bits per heavy atom. The van der Waals surface area contributed by atoms with Gasteiger partial charge >= 0.3 is 15.3 Å². The molecule has 0 unspecified atom stereocenters. The highest BCUT2D eigenvalue weighted by Crippen LogP contribution is 2.04. The third-order valence-corrected chi connectivity index (χ3v) is 1.34. The van der Waals surface area contributed by atoms with Crippen LogP contribution in [0.5, 0.6) is 0 Å². The normalized spacial score (nSPS) is 10.1. The van der Waals surface area contributed by atoms with Crippen LogP contribution in [0.3, 0.4) is 0 Å². The summed E-state index contributed by atoms with van der Waals surface area (Å²) in [7, 11) is -0.137. The summed E-state index contributed by atoms with van der Waals surface area (Å²) in [6, 6.07) is 5.42. The largest absolute Gasteiger partial charge is 0.462 e. The molecule has 0 amide bonds. The molecule has 96 valence electrons. The van der Waals surface area contributed by atoms with Gasteiger partial charge in [0.2, 0.25) is 0 Å². The summed E-state index contributed by atoms with van der Waals surface area (Å²) in [6.07, 6.45) is 0. The average Bonchev–Trinajstić information content (AvgIpc) is 2.15. The third kappa shape index (κ3) is 9.73. The Balaban J connectivity index is 0.000000437. The molecule has 8 heteroatoms. The van der Waals surface area contributed by atoms with Crippen LogP contribution in [-0.4, -0.2) is 25.5 Å². The van der Waals surface area contributed by atoms with E-state index in [2.05, 4.69) is 15.4 Å². The van der Waals surface area contributed by atoms with Gasteiger partial charge in [-0.15, -0.1) is 0 Å². The van der Waals surface area contributed by atoms with Gasteiger partial charge in [-0.3, -0.25) is 4.55 Å². The van der Waals surface area contributed by atoms with E-state index in [9.17, 15) is 9.18 Å². The molecule has 0 aliphatic rings. The quantitative estimate of drug-likeness (QED) is 0.510. The van der Waals surface area contributed by atoms with E-state index in [4.69, 9.17) is 13.0 Å². The molecule has 0 fully saturated rings. The van der Waals surface area contributed by atoms with Crippen LogP contribution in [0.1, 0.15) is 17.3 Å². The standard InChI is InChI=1S/C9H9FO2.ClHO3S/c1-2-12-9(11)7-4-3-5-8(10)6-7;1-5(2,3)4/h3-6H,2H2,1H3;(H,2,3,4). The molecule has 0 aromatic heterocycles. The number of carbonyl (C=O) groups is 1. The minimum absolute atomic E-state index is 0.247. The molecule has 0 aliphatic heterocycles. The maximum atomic E-state index is 12.6. The lowest BCUT2D eigenvalue weighted by atomic mass is 10.2. The Kier molecular flexibility index (Phi) is 6.71. The second kappa shape index (κ2) is 7.21. The van der Waals surface area contributed by atoms with Crippen LogP contribution < -0.4 is 0 Å². The van der Waals surface area contributed by atoms with Crippen molar-refractivity contribution in [2.45, 2.75) is 6.92 Å². The minimum atomic E-state index is -4.19. The Hall–Kier alpha value is -1.18. The van der Waals surface area contributed by atoms with E-state index in [1.807, 2.05) is 0 Å². The van der Waals surface area contributed by atoms with Gasteiger partial charge in [-0.2, -0.15) is 8.42 Å². The molecule has 0 heterocycles. The minimum Gasteiger partial charge on any atom is -0.462 e. The van der Waals surface area contributed by atoms with Crippen LogP contribution in [0, 0.1) is 5.82 Å². The summed E-state index contributed by atoms with van der Waals surface area (Å²) in [5.74, 6) is -0.919. The lowest BCUT2D eigenvalue weighted by Gasteiger charge is -2.00. The van der Waals surface area contributed by atoms with Crippen LogP contribution in [0.15, 0.2) is 24.3 Å². The first-order chi connectivity index (χ1) is 7.74. The molecule has 1 N–H and O–H groups in total. The average molecular weight is 285 g/mol. The summed E-state index contributed by atoms with van der Waals surface area (Å²) >= 11 is 0. The molecule has 1 aromatic carbocycles. The van der Waals surface area contributed by atoms with Gasteiger partial charge in [0.05, 0.1) is 12.2 Å². The van der Waals surface area contributed by atoms with Crippen LogP contribution >= 0.6 is 10.7 Å². The van der Waals surface area contributed by atoms with Gasteiger partial charge in [-0.25, -0.2) is 9.18 Å². The van der Waals surface area contributed by atoms with Crippen LogP contribution in [-0.2, 0) is 14.1 Å². The predicted molar refractivity (Wildman–Crippen MR) is 59.8 cm³/mol. The van der Waals surface area contributed by atoms with E-state index < -0.39 is 21.1 Å². The van der Waals surface area contributed by atoms with Gasteiger partial charge in [0.1, 0.15) is 5.82 Å². The Labute approximate surface area is 102 Å². The second-order valence-corrected chi connectivity index (χ2v) is 4.64. The molecular weight excluding hydrogens is 275 g/mol. The van der Waals surface area contributed by atoms with Crippen molar-refractivity contribution in [3.05, 3.63) is 35.6 Å². The van der Waals surface area contributed by atoms with E-state index in [1.54, 1.807) is 6.92 Å². The number of rotatable bonds is 2. The van der Waals surface area contributed by atoms with Gasteiger partial charge in [-0.1, -0.05) is 6.07 Å². The first-order valence-corrected chi connectivity index (χ1v) is 6.60. The summed E-state index contributed by atoms with van der Waals surface area (Å²) in [6.45, 7) is 2.01.